The van der Waals surface area contributed by atoms with Gasteiger partial charge in [0.2, 0.25) is 11.8 Å². The van der Waals surface area contributed by atoms with Gasteiger partial charge in [0.05, 0.1) is 0 Å². The predicted octanol–water partition coefficient (Wildman–Crippen LogP) is 1.10. The molecule has 2 rings (SSSR count). The largest absolute Gasteiger partial charge is 0.342 e. The second-order valence-corrected chi connectivity index (χ2v) is 4.95. The molecule has 1 spiro atoms. The molecule has 0 bridgehead atoms. The van der Waals surface area contributed by atoms with Crippen molar-refractivity contribution in [3.63, 3.8) is 0 Å². The minimum absolute atomic E-state index is 0.00310. The third kappa shape index (κ3) is 1.93. The van der Waals surface area contributed by atoms with E-state index in [9.17, 15) is 9.59 Å². The summed E-state index contributed by atoms with van der Waals surface area (Å²) in [6, 6.07) is -0.315. The van der Waals surface area contributed by atoms with Crippen molar-refractivity contribution < 1.29 is 9.59 Å². The van der Waals surface area contributed by atoms with E-state index in [0.717, 1.165) is 38.5 Å². The van der Waals surface area contributed by atoms with Crippen LogP contribution in [0.2, 0.25) is 0 Å². The normalized spacial score (nSPS) is 28.7. The van der Waals surface area contributed by atoms with Gasteiger partial charge in [0, 0.05) is 0 Å². The quantitative estimate of drug-likeness (QED) is 0.738. The molecule has 1 unspecified atom stereocenters. The summed E-state index contributed by atoms with van der Waals surface area (Å²) in [4.78, 5) is 24.0. The van der Waals surface area contributed by atoms with Crippen LogP contribution in [0.25, 0.3) is 0 Å². The summed E-state index contributed by atoms with van der Waals surface area (Å²) < 4.78 is 0. The van der Waals surface area contributed by atoms with Gasteiger partial charge in [-0.2, -0.15) is 0 Å². The second kappa shape index (κ2) is 4.44. The molecule has 1 saturated carbocycles. The van der Waals surface area contributed by atoms with Crippen LogP contribution in [0.4, 0.5) is 0 Å². The van der Waals surface area contributed by atoms with Crippen LogP contribution in [-0.2, 0) is 9.59 Å². The molecule has 16 heavy (non-hydrogen) atoms. The summed E-state index contributed by atoms with van der Waals surface area (Å²) in [6.07, 6.45) is 6.47. The Bertz CT molecular complexity index is 295. The lowest BCUT2D eigenvalue weighted by Crippen LogP contribution is -2.69. The fourth-order valence-electron chi connectivity index (χ4n) is 2.74. The van der Waals surface area contributed by atoms with E-state index in [1.165, 1.54) is 6.42 Å². The topological polar surface area (TPSA) is 58.2 Å². The third-order valence-electron chi connectivity index (χ3n) is 3.70. The Balaban J connectivity index is 2.08. The van der Waals surface area contributed by atoms with E-state index >= 15 is 0 Å². The molecule has 0 aromatic heterocycles. The summed E-state index contributed by atoms with van der Waals surface area (Å²) >= 11 is 0. The average Bonchev–Trinajstić information content (AvgIpc) is 2.28. The second-order valence-electron chi connectivity index (χ2n) is 4.95. The number of carbonyl (C=O) groups excluding carboxylic acids is 2. The number of amides is 2. The number of carbonyl (C=O) groups is 2. The summed E-state index contributed by atoms with van der Waals surface area (Å²) in [5, 5.41) is 5.84. The average molecular weight is 224 g/mol. The molecule has 2 amide bonds. The predicted molar refractivity (Wildman–Crippen MR) is 60.8 cm³/mol. The van der Waals surface area contributed by atoms with Crippen molar-refractivity contribution in [3.8, 4) is 0 Å². The van der Waals surface area contributed by atoms with E-state index in [1.807, 2.05) is 6.92 Å². The maximum Gasteiger partial charge on any atom is 0.246 e. The molecular weight excluding hydrogens is 204 g/mol. The molecule has 4 nitrogen and oxygen atoms in total. The van der Waals surface area contributed by atoms with Gasteiger partial charge in [-0.15, -0.1) is 0 Å². The Morgan fingerprint density at radius 1 is 1.25 bits per heavy atom. The molecule has 0 radical (unpaired) electrons. The molecule has 2 N–H and O–H groups in total. The van der Waals surface area contributed by atoms with Crippen molar-refractivity contribution in [2.24, 2.45) is 0 Å². The first-order valence-electron chi connectivity index (χ1n) is 6.31. The van der Waals surface area contributed by atoms with E-state index in [2.05, 4.69) is 10.6 Å². The highest BCUT2D eigenvalue weighted by Gasteiger charge is 2.46. The highest BCUT2D eigenvalue weighted by atomic mass is 16.2. The fraction of sp³-hybridized carbons (Fsp3) is 0.833. The molecule has 1 saturated heterocycles. The van der Waals surface area contributed by atoms with Gasteiger partial charge in [0.1, 0.15) is 11.6 Å². The lowest BCUT2D eigenvalue weighted by Gasteiger charge is -2.42. The van der Waals surface area contributed by atoms with Gasteiger partial charge in [0.15, 0.2) is 0 Å². The highest BCUT2D eigenvalue weighted by Crippen LogP contribution is 2.30. The van der Waals surface area contributed by atoms with Crippen molar-refractivity contribution in [3.05, 3.63) is 0 Å². The van der Waals surface area contributed by atoms with E-state index < -0.39 is 5.54 Å². The van der Waals surface area contributed by atoms with Crippen LogP contribution in [0.5, 0.6) is 0 Å². The van der Waals surface area contributed by atoms with E-state index in [0.29, 0.717) is 0 Å². The van der Waals surface area contributed by atoms with E-state index in [1.54, 1.807) is 0 Å². The van der Waals surface area contributed by atoms with Gasteiger partial charge in [-0.05, 0) is 19.3 Å². The highest BCUT2D eigenvalue weighted by molar-refractivity contribution is 5.99. The summed E-state index contributed by atoms with van der Waals surface area (Å²) in [7, 11) is 0. The Morgan fingerprint density at radius 3 is 2.56 bits per heavy atom. The fourth-order valence-corrected chi connectivity index (χ4v) is 2.74. The SMILES string of the molecule is CCCC1NC(=O)C2(CCCCC2)NC1=O. The van der Waals surface area contributed by atoms with Crippen molar-refractivity contribution >= 4 is 11.8 Å². The Morgan fingerprint density at radius 2 is 1.94 bits per heavy atom. The molecule has 0 aromatic rings. The van der Waals surface area contributed by atoms with Crippen LogP contribution >= 0.6 is 0 Å². The first-order valence-corrected chi connectivity index (χ1v) is 6.31. The number of piperazine rings is 1. The van der Waals surface area contributed by atoms with Crippen LogP contribution in [0, 0.1) is 0 Å². The standard InChI is InChI=1S/C12H20N2O2/c1-2-6-9-10(15)14-12(11(16)13-9)7-4-3-5-8-12/h9H,2-8H2,1H3,(H,13,16)(H,14,15). The number of rotatable bonds is 2. The third-order valence-corrected chi connectivity index (χ3v) is 3.70. The summed E-state index contributed by atoms with van der Waals surface area (Å²) in [6.45, 7) is 2.02. The van der Waals surface area contributed by atoms with Gasteiger partial charge >= 0.3 is 0 Å². The van der Waals surface area contributed by atoms with Crippen molar-refractivity contribution in [2.45, 2.75) is 63.5 Å². The van der Waals surface area contributed by atoms with E-state index in [-0.39, 0.29) is 17.9 Å². The van der Waals surface area contributed by atoms with Crippen LogP contribution < -0.4 is 10.6 Å². The molecule has 90 valence electrons. The Kier molecular flexibility index (Phi) is 3.17. The minimum Gasteiger partial charge on any atom is -0.342 e. The van der Waals surface area contributed by atoms with Crippen molar-refractivity contribution in [2.75, 3.05) is 0 Å². The van der Waals surface area contributed by atoms with Crippen molar-refractivity contribution in [1.82, 2.24) is 10.6 Å². The molecule has 4 heteroatoms. The van der Waals surface area contributed by atoms with Gasteiger partial charge in [0.25, 0.3) is 0 Å². The van der Waals surface area contributed by atoms with Crippen LogP contribution in [0.15, 0.2) is 0 Å². The molecule has 2 fully saturated rings. The summed E-state index contributed by atoms with van der Waals surface area (Å²) in [5.74, 6) is 0.0357. The van der Waals surface area contributed by atoms with Gasteiger partial charge in [-0.1, -0.05) is 32.6 Å². The number of nitrogens with one attached hydrogen (secondary N) is 2. The molecule has 1 atom stereocenters. The van der Waals surface area contributed by atoms with Gasteiger partial charge in [-0.3, -0.25) is 9.59 Å². The molecular formula is C12H20N2O2. The Labute approximate surface area is 96.2 Å². The minimum atomic E-state index is -0.584. The first-order chi connectivity index (χ1) is 7.68. The number of hydrogen-bond acceptors (Lipinski definition) is 2. The Hall–Kier alpha value is -1.06. The first kappa shape index (κ1) is 11.4. The molecule has 1 aliphatic carbocycles. The lowest BCUT2D eigenvalue weighted by atomic mass is 9.79. The van der Waals surface area contributed by atoms with Crippen molar-refractivity contribution in [1.29, 1.82) is 0 Å². The smallest absolute Gasteiger partial charge is 0.246 e. The summed E-state index contributed by atoms with van der Waals surface area (Å²) in [5.41, 5.74) is -0.584. The zero-order valence-corrected chi connectivity index (χ0v) is 9.84. The van der Waals surface area contributed by atoms with Gasteiger partial charge in [-0.25, -0.2) is 0 Å². The zero-order valence-electron chi connectivity index (χ0n) is 9.84. The monoisotopic (exact) mass is 224 g/mol. The van der Waals surface area contributed by atoms with E-state index in [4.69, 9.17) is 0 Å². The molecule has 2 aliphatic rings. The number of hydrogen-bond donors (Lipinski definition) is 2. The van der Waals surface area contributed by atoms with Crippen LogP contribution in [-0.4, -0.2) is 23.4 Å². The van der Waals surface area contributed by atoms with Crippen LogP contribution in [0.3, 0.4) is 0 Å². The maximum atomic E-state index is 12.1. The molecule has 1 heterocycles. The zero-order chi connectivity index (χ0) is 11.6. The molecule has 1 aliphatic heterocycles. The maximum absolute atomic E-state index is 12.1. The van der Waals surface area contributed by atoms with Crippen LogP contribution in [0.1, 0.15) is 51.9 Å². The van der Waals surface area contributed by atoms with Gasteiger partial charge < -0.3 is 10.6 Å². The molecule has 0 aromatic carbocycles. The lowest BCUT2D eigenvalue weighted by molar-refractivity contribution is -0.143.